The van der Waals surface area contributed by atoms with E-state index in [9.17, 15) is 13.6 Å². The van der Waals surface area contributed by atoms with Crippen LogP contribution >= 0.6 is 0 Å². The molecule has 2 rings (SSSR count). The highest BCUT2D eigenvalue weighted by molar-refractivity contribution is 6.04. The van der Waals surface area contributed by atoms with Crippen molar-refractivity contribution in [1.82, 2.24) is 0 Å². The van der Waals surface area contributed by atoms with Crippen LogP contribution in [-0.4, -0.2) is 11.0 Å². The second kappa shape index (κ2) is 4.83. The zero-order valence-electron chi connectivity index (χ0n) is 9.15. The van der Waals surface area contributed by atoms with E-state index in [0.717, 1.165) is 18.2 Å². The lowest BCUT2D eigenvalue weighted by Crippen LogP contribution is -2.13. The molecule has 0 saturated carbocycles. The molecule has 2 N–H and O–H groups in total. The third-order valence-corrected chi connectivity index (χ3v) is 2.32. The van der Waals surface area contributed by atoms with Gasteiger partial charge in [0.2, 0.25) is 0 Å². The highest BCUT2D eigenvalue weighted by Crippen LogP contribution is 2.20. The number of phenols is 1. The molecule has 0 aliphatic rings. The number of aromatic hydroxyl groups is 1. The molecular formula is C13H9F2NO2. The average Bonchev–Trinajstić information content (AvgIpc) is 2.34. The van der Waals surface area contributed by atoms with Crippen LogP contribution in [0.25, 0.3) is 0 Å². The molecule has 0 aliphatic heterocycles. The van der Waals surface area contributed by atoms with Crippen molar-refractivity contribution in [1.29, 1.82) is 0 Å². The van der Waals surface area contributed by atoms with Crippen LogP contribution in [0, 0.1) is 11.6 Å². The fourth-order valence-electron chi connectivity index (χ4n) is 1.43. The quantitative estimate of drug-likeness (QED) is 0.804. The van der Waals surface area contributed by atoms with Gasteiger partial charge < -0.3 is 10.4 Å². The van der Waals surface area contributed by atoms with Crippen LogP contribution in [0.5, 0.6) is 5.75 Å². The molecule has 0 heterocycles. The van der Waals surface area contributed by atoms with Gasteiger partial charge in [0.15, 0.2) is 11.6 Å². The molecule has 0 bridgehead atoms. The third kappa shape index (κ3) is 2.45. The van der Waals surface area contributed by atoms with Crippen molar-refractivity contribution >= 4 is 11.6 Å². The van der Waals surface area contributed by atoms with Crippen molar-refractivity contribution < 1.29 is 18.7 Å². The Balaban J connectivity index is 2.22. The van der Waals surface area contributed by atoms with Crippen molar-refractivity contribution in [2.24, 2.45) is 0 Å². The maximum Gasteiger partial charge on any atom is 0.258 e. The molecule has 92 valence electrons. The second-order valence-corrected chi connectivity index (χ2v) is 3.60. The topological polar surface area (TPSA) is 49.3 Å². The maximum absolute atomic E-state index is 13.3. The molecule has 2 aromatic rings. The van der Waals surface area contributed by atoms with Gasteiger partial charge in [-0.3, -0.25) is 4.79 Å². The minimum atomic E-state index is -0.860. The van der Waals surface area contributed by atoms with Crippen LogP contribution in [0.4, 0.5) is 14.5 Å². The molecule has 0 unspecified atom stereocenters. The van der Waals surface area contributed by atoms with E-state index in [1.165, 1.54) is 24.3 Å². The molecule has 1 amide bonds. The van der Waals surface area contributed by atoms with Crippen molar-refractivity contribution in [3.8, 4) is 5.75 Å². The molecule has 2 aromatic carbocycles. The first kappa shape index (κ1) is 12.0. The Morgan fingerprint density at radius 1 is 1.06 bits per heavy atom. The fraction of sp³-hybridized carbons (Fsp3) is 0. The lowest BCUT2D eigenvalue weighted by molar-refractivity contribution is 0.102. The number of benzene rings is 2. The third-order valence-electron chi connectivity index (χ3n) is 2.32. The average molecular weight is 249 g/mol. The van der Waals surface area contributed by atoms with Gasteiger partial charge in [0, 0.05) is 11.8 Å². The molecule has 3 nitrogen and oxygen atoms in total. The van der Waals surface area contributed by atoms with Crippen molar-refractivity contribution in [3.05, 3.63) is 59.7 Å². The first-order chi connectivity index (χ1) is 8.58. The number of hydrogen-bond donors (Lipinski definition) is 2. The lowest BCUT2D eigenvalue weighted by Gasteiger charge is -2.06. The van der Waals surface area contributed by atoms with Crippen molar-refractivity contribution in [2.45, 2.75) is 0 Å². The van der Waals surface area contributed by atoms with Crippen molar-refractivity contribution in [2.75, 3.05) is 5.32 Å². The summed E-state index contributed by atoms with van der Waals surface area (Å²) in [7, 11) is 0. The van der Waals surface area contributed by atoms with Gasteiger partial charge in [0.25, 0.3) is 5.91 Å². The molecular weight excluding hydrogens is 240 g/mol. The number of carbonyl (C=O) groups excluding carboxylic acids is 1. The summed E-state index contributed by atoms with van der Waals surface area (Å²) in [6.07, 6.45) is 0. The summed E-state index contributed by atoms with van der Waals surface area (Å²) in [5.41, 5.74) is 0.00420. The summed E-state index contributed by atoms with van der Waals surface area (Å²) in [5, 5.41) is 11.3. The first-order valence-corrected chi connectivity index (χ1v) is 5.12. The van der Waals surface area contributed by atoms with E-state index < -0.39 is 23.3 Å². The van der Waals surface area contributed by atoms with Crippen LogP contribution in [0.15, 0.2) is 42.5 Å². The lowest BCUT2D eigenvalue weighted by atomic mass is 10.2. The van der Waals surface area contributed by atoms with E-state index in [4.69, 9.17) is 5.11 Å². The zero-order valence-corrected chi connectivity index (χ0v) is 9.15. The smallest absolute Gasteiger partial charge is 0.258 e. The van der Waals surface area contributed by atoms with Gasteiger partial charge in [-0.15, -0.1) is 0 Å². The Bertz CT molecular complexity index is 599. The molecule has 0 atom stereocenters. The molecule has 0 fully saturated rings. The summed E-state index contributed by atoms with van der Waals surface area (Å²) in [6.45, 7) is 0. The number of rotatable bonds is 2. The van der Waals surface area contributed by atoms with Gasteiger partial charge in [-0.25, -0.2) is 8.78 Å². The molecule has 0 aromatic heterocycles. The fourth-order valence-corrected chi connectivity index (χ4v) is 1.43. The normalized spacial score (nSPS) is 10.1. The van der Waals surface area contributed by atoms with E-state index in [1.54, 1.807) is 0 Å². The second-order valence-electron chi connectivity index (χ2n) is 3.60. The summed E-state index contributed by atoms with van der Waals surface area (Å²) in [4.78, 5) is 11.7. The Labute approximate surface area is 102 Å². The first-order valence-electron chi connectivity index (χ1n) is 5.12. The number of carbonyl (C=O) groups is 1. The monoisotopic (exact) mass is 249 g/mol. The van der Waals surface area contributed by atoms with E-state index in [2.05, 4.69) is 5.32 Å². The van der Waals surface area contributed by atoms with Crippen LogP contribution in [0.3, 0.4) is 0 Å². The molecule has 5 heteroatoms. The van der Waals surface area contributed by atoms with Crippen LogP contribution in [0.2, 0.25) is 0 Å². The highest BCUT2D eigenvalue weighted by atomic mass is 19.1. The number of nitrogens with one attached hydrogen (secondary N) is 1. The Morgan fingerprint density at radius 3 is 2.44 bits per heavy atom. The van der Waals surface area contributed by atoms with Gasteiger partial charge in [0.1, 0.15) is 5.82 Å². The van der Waals surface area contributed by atoms with Crippen LogP contribution in [-0.2, 0) is 0 Å². The van der Waals surface area contributed by atoms with Gasteiger partial charge >= 0.3 is 0 Å². The van der Waals surface area contributed by atoms with Gasteiger partial charge in [-0.2, -0.15) is 0 Å². The number of phenolic OH excluding ortho intramolecular Hbond substituents is 1. The molecule has 0 radical (unpaired) electrons. The van der Waals surface area contributed by atoms with E-state index >= 15 is 0 Å². The van der Waals surface area contributed by atoms with Gasteiger partial charge in [-0.1, -0.05) is 12.1 Å². The predicted molar refractivity (Wildman–Crippen MR) is 62.4 cm³/mol. The summed E-state index contributed by atoms with van der Waals surface area (Å²) < 4.78 is 26.3. The van der Waals surface area contributed by atoms with Crippen LogP contribution < -0.4 is 5.32 Å². The van der Waals surface area contributed by atoms with E-state index in [1.807, 2.05) is 0 Å². The van der Waals surface area contributed by atoms with Gasteiger partial charge in [-0.05, 0) is 24.3 Å². The molecule has 0 spiro atoms. The number of anilines is 1. The summed E-state index contributed by atoms with van der Waals surface area (Å²) >= 11 is 0. The Morgan fingerprint density at radius 2 is 1.78 bits per heavy atom. The number of hydrogen-bond acceptors (Lipinski definition) is 2. The number of amides is 1. The minimum Gasteiger partial charge on any atom is -0.505 e. The minimum absolute atomic E-state index is 0.133. The van der Waals surface area contributed by atoms with E-state index in [0.29, 0.717) is 0 Å². The van der Waals surface area contributed by atoms with Crippen molar-refractivity contribution in [3.63, 3.8) is 0 Å². The SMILES string of the molecule is O=C(Nc1ccc(O)c(F)c1)c1ccccc1F. The molecule has 18 heavy (non-hydrogen) atoms. The zero-order chi connectivity index (χ0) is 13.1. The number of halogens is 2. The predicted octanol–water partition coefficient (Wildman–Crippen LogP) is 2.92. The maximum atomic E-state index is 13.3. The Hall–Kier alpha value is -2.43. The molecule has 0 saturated heterocycles. The van der Waals surface area contributed by atoms with E-state index in [-0.39, 0.29) is 11.3 Å². The summed E-state index contributed by atoms with van der Waals surface area (Å²) in [6, 6.07) is 8.84. The van der Waals surface area contributed by atoms with Gasteiger partial charge in [0.05, 0.1) is 5.56 Å². The standard InChI is InChI=1S/C13H9F2NO2/c14-10-4-2-1-3-9(10)13(18)16-8-5-6-12(17)11(15)7-8/h1-7,17H,(H,16,18). The summed E-state index contributed by atoms with van der Waals surface area (Å²) in [5.74, 6) is -2.72. The largest absolute Gasteiger partial charge is 0.505 e. The Kier molecular flexibility index (Phi) is 3.23. The van der Waals surface area contributed by atoms with Crippen LogP contribution in [0.1, 0.15) is 10.4 Å². The molecule has 0 aliphatic carbocycles. The highest BCUT2D eigenvalue weighted by Gasteiger charge is 2.11.